The molecule has 0 atom stereocenters. The van der Waals surface area contributed by atoms with E-state index in [2.05, 4.69) is 43.3 Å². The van der Waals surface area contributed by atoms with Crippen LogP contribution in [0.1, 0.15) is 6.93 Å². The molecule has 4 aromatic rings. The zero-order chi connectivity index (χ0) is 13.7. The Bertz CT molecular complexity index is 886. The molecule has 0 saturated heterocycles. The van der Waals surface area contributed by atoms with Crippen LogP contribution >= 0.6 is 0 Å². The van der Waals surface area contributed by atoms with Crippen LogP contribution in [0.5, 0.6) is 0 Å². The van der Waals surface area contributed by atoms with Crippen molar-refractivity contribution in [2.45, 2.75) is 6.92 Å². The second kappa shape index (κ2) is 3.83. The predicted octanol–water partition coefficient (Wildman–Crippen LogP) is 5.45. The molecule has 4 aromatic carbocycles. The normalized spacial score (nSPS) is 12.2. The minimum Gasteiger partial charge on any atom is -0.0616 e. The summed E-state index contributed by atoms with van der Waals surface area (Å²) in [4.78, 5) is 0. The van der Waals surface area contributed by atoms with Crippen LogP contribution in [0.2, 0.25) is 0 Å². The Hall–Kier alpha value is -2.34. The first kappa shape index (κ1) is 9.57. The van der Waals surface area contributed by atoms with Crippen molar-refractivity contribution < 1.29 is 1.37 Å². The molecule has 0 N–H and O–H groups in total. The molecule has 0 fully saturated rings. The fraction of sp³-hybridized carbons (Fsp3) is 0.0526. The number of hydrogen-bond donors (Lipinski definition) is 0. The Kier molecular flexibility index (Phi) is 1.93. The number of fused-ring (bicyclic) bond motifs is 5. The Morgan fingerprint density at radius 2 is 1.32 bits per heavy atom. The van der Waals surface area contributed by atoms with E-state index in [1.165, 1.54) is 32.5 Å². The van der Waals surface area contributed by atoms with Gasteiger partial charge in [-0.2, -0.15) is 0 Å². The maximum absolute atomic E-state index is 8.27. The summed E-state index contributed by atoms with van der Waals surface area (Å²) in [7, 11) is 0. The fourth-order valence-corrected chi connectivity index (χ4v) is 2.95. The molecule has 0 aliphatic heterocycles. The molecule has 0 amide bonds. The van der Waals surface area contributed by atoms with Gasteiger partial charge in [-0.15, -0.1) is 0 Å². The molecule has 19 heavy (non-hydrogen) atoms. The van der Waals surface area contributed by atoms with Gasteiger partial charge in [0.25, 0.3) is 0 Å². The zero-order valence-electron chi connectivity index (χ0n) is 11.8. The second-order valence-corrected chi connectivity index (χ2v) is 5.03. The summed E-state index contributed by atoms with van der Waals surface area (Å²) < 4.78 is 8.27. The molecule has 0 heteroatoms. The van der Waals surface area contributed by atoms with Gasteiger partial charge in [-0.25, -0.2) is 0 Å². The Balaban J connectivity index is 2.36. The second-order valence-electron chi connectivity index (χ2n) is 5.03. The summed E-state index contributed by atoms with van der Waals surface area (Å²) in [6, 6.07) is 21.5. The molecule has 0 saturated carbocycles. The number of rotatable bonds is 0. The first-order chi connectivity index (χ1) is 9.75. The van der Waals surface area contributed by atoms with Crippen molar-refractivity contribution in [3.05, 3.63) is 72.3 Å². The van der Waals surface area contributed by atoms with Gasteiger partial charge in [0.1, 0.15) is 0 Å². The third kappa shape index (κ3) is 1.47. The Labute approximate surface area is 113 Å². The number of aryl methyl sites for hydroxylation is 1. The SMILES string of the molecule is [3H]c1cc2c3ccccc3c(C)cc2c2ccccc12. The van der Waals surface area contributed by atoms with Gasteiger partial charge in [-0.05, 0) is 44.8 Å². The molecule has 0 nitrogen and oxygen atoms in total. The minimum absolute atomic E-state index is 0.599. The largest absolute Gasteiger partial charge is 0.0629 e. The van der Waals surface area contributed by atoms with Crippen LogP contribution in [0.3, 0.4) is 0 Å². The molecule has 4 rings (SSSR count). The van der Waals surface area contributed by atoms with E-state index in [9.17, 15) is 0 Å². The van der Waals surface area contributed by atoms with E-state index in [0.717, 1.165) is 5.39 Å². The lowest BCUT2D eigenvalue weighted by atomic mass is 9.94. The van der Waals surface area contributed by atoms with Crippen molar-refractivity contribution in [2.24, 2.45) is 0 Å². The van der Waals surface area contributed by atoms with Crippen LogP contribution in [0.15, 0.2) is 66.7 Å². The first-order valence-electron chi connectivity index (χ1n) is 7.06. The average molecular weight is 244 g/mol. The Morgan fingerprint density at radius 1 is 0.684 bits per heavy atom. The molecule has 0 aliphatic rings. The van der Waals surface area contributed by atoms with Crippen LogP contribution in [0.25, 0.3) is 32.3 Å². The molecule has 0 heterocycles. The maximum Gasteiger partial charge on any atom is 0.0629 e. The third-order valence-corrected chi connectivity index (χ3v) is 3.88. The van der Waals surface area contributed by atoms with Crippen molar-refractivity contribution in [1.82, 2.24) is 0 Å². The van der Waals surface area contributed by atoms with E-state index in [0.29, 0.717) is 6.04 Å². The quantitative estimate of drug-likeness (QED) is 0.360. The molecule has 0 unspecified atom stereocenters. The molecule has 0 radical (unpaired) electrons. The molecule has 0 aliphatic carbocycles. The van der Waals surface area contributed by atoms with Crippen LogP contribution in [-0.4, -0.2) is 0 Å². The van der Waals surface area contributed by atoms with Gasteiger partial charge in [-0.1, -0.05) is 66.7 Å². The maximum atomic E-state index is 8.27. The van der Waals surface area contributed by atoms with E-state index >= 15 is 0 Å². The summed E-state index contributed by atoms with van der Waals surface area (Å²) in [5.41, 5.74) is 1.29. The highest BCUT2D eigenvalue weighted by atomic mass is 14.1. The highest BCUT2D eigenvalue weighted by Gasteiger charge is 2.06. The number of hydrogen-bond acceptors (Lipinski definition) is 0. The highest BCUT2D eigenvalue weighted by Crippen LogP contribution is 2.32. The van der Waals surface area contributed by atoms with Gasteiger partial charge in [-0.3, -0.25) is 0 Å². The lowest BCUT2D eigenvalue weighted by Gasteiger charge is -2.10. The molecular weight excluding hydrogens is 228 g/mol. The summed E-state index contributed by atoms with van der Waals surface area (Å²) >= 11 is 0. The summed E-state index contributed by atoms with van der Waals surface area (Å²) in [5.74, 6) is 0. The fourth-order valence-electron chi connectivity index (χ4n) is 2.95. The zero-order valence-corrected chi connectivity index (χ0v) is 10.8. The van der Waals surface area contributed by atoms with Crippen LogP contribution in [0.4, 0.5) is 0 Å². The van der Waals surface area contributed by atoms with Crippen molar-refractivity contribution in [3.8, 4) is 0 Å². The molecule has 0 bridgehead atoms. The van der Waals surface area contributed by atoms with E-state index < -0.39 is 0 Å². The average Bonchev–Trinajstić information content (AvgIpc) is 2.49. The molecule has 90 valence electrons. The van der Waals surface area contributed by atoms with Crippen molar-refractivity contribution in [2.75, 3.05) is 0 Å². The van der Waals surface area contributed by atoms with Crippen molar-refractivity contribution in [3.63, 3.8) is 0 Å². The van der Waals surface area contributed by atoms with Gasteiger partial charge < -0.3 is 0 Å². The molecule has 0 spiro atoms. The minimum atomic E-state index is 0.599. The smallest absolute Gasteiger partial charge is 0.0616 e. The van der Waals surface area contributed by atoms with E-state index in [4.69, 9.17) is 1.37 Å². The topological polar surface area (TPSA) is 0 Å². The highest BCUT2D eigenvalue weighted by molar-refractivity contribution is 6.17. The first-order valence-corrected chi connectivity index (χ1v) is 6.56. The monoisotopic (exact) mass is 244 g/mol. The lowest BCUT2D eigenvalue weighted by molar-refractivity contribution is 1.56. The van der Waals surface area contributed by atoms with E-state index in [1.54, 1.807) is 0 Å². The van der Waals surface area contributed by atoms with Gasteiger partial charge in [0.15, 0.2) is 0 Å². The van der Waals surface area contributed by atoms with Crippen LogP contribution in [0, 0.1) is 6.92 Å². The lowest BCUT2D eigenvalue weighted by Crippen LogP contribution is -1.83. The Morgan fingerprint density at radius 3 is 2.16 bits per heavy atom. The van der Waals surface area contributed by atoms with Gasteiger partial charge in [0.2, 0.25) is 0 Å². The van der Waals surface area contributed by atoms with Gasteiger partial charge >= 0.3 is 0 Å². The van der Waals surface area contributed by atoms with Crippen LogP contribution < -0.4 is 0 Å². The predicted molar refractivity (Wildman–Crippen MR) is 83.7 cm³/mol. The summed E-state index contributed by atoms with van der Waals surface area (Å²) in [6.45, 7) is 2.16. The number of benzene rings is 4. The van der Waals surface area contributed by atoms with E-state index in [-0.39, 0.29) is 0 Å². The van der Waals surface area contributed by atoms with Crippen molar-refractivity contribution in [1.29, 1.82) is 0 Å². The van der Waals surface area contributed by atoms with Crippen molar-refractivity contribution >= 4 is 32.3 Å². The van der Waals surface area contributed by atoms with E-state index in [1.807, 2.05) is 24.3 Å². The molecular formula is C19H14. The van der Waals surface area contributed by atoms with Gasteiger partial charge in [0, 0.05) is 0 Å². The molecule has 0 aromatic heterocycles. The summed E-state index contributed by atoms with van der Waals surface area (Å²) in [6.07, 6.45) is 0. The third-order valence-electron chi connectivity index (χ3n) is 3.88. The van der Waals surface area contributed by atoms with Gasteiger partial charge in [0.05, 0.1) is 1.37 Å². The summed E-state index contributed by atoms with van der Waals surface area (Å²) in [5, 5.41) is 7.12. The standard InChI is InChI=1S/C19H14/c1-13-12-19-16-8-3-2-6-14(16)10-11-18(19)17-9-5-4-7-15(13)17/h2-12H,1H3/i10T. The van der Waals surface area contributed by atoms with Crippen LogP contribution in [-0.2, 0) is 0 Å².